The predicted molar refractivity (Wildman–Crippen MR) is 145 cm³/mol. The summed E-state index contributed by atoms with van der Waals surface area (Å²) < 4.78 is 2.28. The molecule has 4 aromatic rings. The minimum atomic E-state index is -0.538. The normalized spacial score (nSPS) is 13.1. The van der Waals surface area contributed by atoms with Crippen molar-refractivity contribution in [3.63, 3.8) is 0 Å². The van der Waals surface area contributed by atoms with E-state index in [9.17, 15) is 14.4 Å². The van der Waals surface area contributed by atoms with Gasteiger partial charge in [-0.3, -0.25) is 19.0 Å². The van der Waals surface area contributed by atoms with Gasteiger partial charge < -0.3 is 11.1 Å². The number of aromatic nitrogens is 2. The molecule has 35 heavy (non-hydrogen) atoms. The zero-order valence-corrected chi connectivity index (χ0v) is 22.2. The van der Waals surface area contributed by atoms with E-state index in [1.165, 1.54) is 33.6 Å². The first kappa shape index (κ1) is 23.9. The molecule has 0 spiro atoms. The Balaban J connectivity index is 1.49. The SMILES string of the molecule is CCc1sc2ncn(CC(=O)Nc3sc4c(c3C(N)=O)CCCC4)c(=O)c2c1-c1ccc(Br)cc1. The summed E-state index contributed by atoms with van der Waals surface area (Å²) in [6.45, 7) is 1.84. The Morgan fingerprint density at radius 3 is 2.63 bits per heavy atom. The molecule has 0 saturated heterocycles. The van der Waals surface area contributed by atoms with Crippen LogP contribution in [0.5, 0.6) is 0 Å². The van der Waals surface area contributed by atoms with Crippen LogP contribution in [0, 0.1) is 0 Å². The fraction of sp³-hybridized carbons (Fsp3) is 0.280. The quantitative estimate of drug-likeness (QED) is 0.335. The topological polar surface area (TPSA) is 107 Å². The highest BCUT2D eigenvalue weighted by Crippen LogP contribution is 2.38. The zero-order chi connectivity index (χ0) is 24.7. The second kappa shape index (κ2) is 9.67. The summed E-state index contributed by atoms with van der Waals surface area (Å²) in [6, 6.07) is 7.82. The van der Waals surface area contributed by atoms with E-state index in [1.54, 1.807) is 0 Å². The number of nitrogens with zero attached hydrogens (tertiary/aromatic N) is 2. The standard InChI is InChI=1S/C25H23BrN4O3S2/c1-2-16-19(13-7-9-14(26)10-8-13)21-23(34-16)28-12-30(25(21)33)11-18(31)29-24-20(22(27)32)15-5-3-4-6-17(15)35-24/h7-10,12H,2-6,11H2,1H3,(H2,27,32)(H,29,31). The third-order valence-corrected chi connectivity index (χ3v) is 9.17. The van der Waals surface area contributed by atoms with E-state index in [4.69, 9.17) is 5.73 Å². The number of halogens is 1. The van der Waals surface area contributed by atoms with E-state index in [-0.39, 0.29) is 12.1 Å². The van der Waals surface area contributed by atoms with Crippen molar-refractivity contribution in [2.75, 3.05) is 5.32 Å². The number of anilines is 1. The number of fused-ring (bicyclic) bond motifs is 2. The van der Waals surface area contributed by atoms with Crippen LogP contribution in [0.2, 0.25) is 0 Å². The number of amides is 2. The fourth-order valence-corrected chi connectivity index (χ4v) is 7.26. The van der Waals surface area contributed by atoms with Crippen LogP contribution in [0.15, 0.2) is 39.9 Å². The van der Waals surface area contributed by atoms with Crippen LogP contribution >= 0.6 is 38.6 Å². The van der Waals surface area contributed by atoms with Gasteiger partial charge in [-0.25, -0.2) is 4.98 Å². The highest BCUT2D eigenvalue weighted by Gasteiger charge is 2.25. The molecule has 3 N–H and O–H groups in total. The van der Waals surface area contributed by atoms with E-state index in [2.05, 4.69) is 33.2 Å². The largest absolute Gasteiger partial charge is 0.365 e. The molecule has 5 rings (SSSR count). The van der Waals surface area contributed by atoms with Crippen LogP contribution in [0.4, 0.5) is 5.00 Å². The minimum Gasteiger partial charge on any atom is -0.365 e. The molecule has 1 aromatic carbocycles. The number of carbonyl (C=O) groups excluding carboxylic acids is 2. The highest BCUT2D eigenvalue weighted by molar-refractivity contribution is 9.10. The van der Waals surface area contributed by atoms with Crippen molar-refractivity contribution < 1.29 is 9.59 Å². The molecule has 180 valence electrons. The number of thiophene rings is 2. The van der Waals surface area contributed by atoms with Crippen molar-refractivity contribution >= 4 is 65.6 Å². The first-order valence-electron chi connectivity index (χ1n) is 11.4. The Morgan fingerprint density at radius 2 is 1.91 bits per heavy atom. The molecule has 7 nitrogen and oxygen atoms in total. The van der Waals surface area contributed by atoms with Gasteiger partial charge in [0.15, 0.2) is 0 Å². The van der Waals surface area contributed by atoms with Gasteiger partial charge >= 0.3 is 0 Å². The predicted octanol–water partition coefficient (Wildman–Crippen LogP) is 5.13. The summed E-state index contributed by atoms with van der Waals surface area (Å²) in [5, 5.41) is 3.82. The van der Waals surface area contributed by atoms with Crippen molar-refractivity contribution in [1.82, 2.24) is 9.55 Å². The molecule has 1 aliphatic rings. The third-order valence-electron chi connectivity index (χ3n) is 6.19. The lowest BCUT2D eigenvalue weighted by Crippen LogP contribution is -2.28. The molecule has 2 amide bonds. The number of nitrogens with two attached hydrogens (primary N) is 1. The van der Waals surface area contributed by atoms with E-state index in [1.807, 2.05) is 24.3 Å². The summed E-state index contributed by atoms with van der Waals surface area (Å²) >= 11 is 6.37. The van der Waals surface area contributed by atoms with Crippen LogP contribution in [-0.2, 0) is 30.6 Å². The number of carbonyl (C=O) groups is 2. The van der Waals surface area contributed by atoms with E-state index >= 15 is 0 Å². The van der Waals surface area contributed by atoms with Crippen LogP contribution < -0.4 is 16.6 Å². The van der Waals surface area contributed by atoms with Gasteiger partial charge in [-0.15, -0.1) is 22.7 Å². The molecular weight excluding hydrogens is 548 g/mol. The molecule has 0 unspecified atom stereocenters. The van der Waals surface area contributed by atoms with Gasteiger partial charge in [0.05, 0.1) is 17.3 Å². The first-order valence-corrected chi connectivity index (χ1v) is 13.8. The number of hydrogen-bond donors (Lipinski definition) is 2. The molecule has 0 saturated carbocycles. The first-order chi connectivity index (χ1) is 16.9. The molecule has 0 aliphatic heterocycles. The Morgan fingerprint density at radius 1 is 1.17 bits per heavy atom. The van der Waals surface area contributed by atoms with E-state index < -0.39 is 11.8 Å². The Kier molecular flexibility index (Phi) is 6.61. The van der Waals surface area contributed by atoms with Crippen LogP contribution in [0.25, 0.3) is 21.3 Å². The fourth-order valence-electron chi connectivity index (χ4n) is 4.59. The van der Waals surface area contributed by atoms with Gasteiger partial charge in [0.2, 0.25) is 5.91 Å². The molecule has 3 heterocycles. The molecular formula is C25H23BrN4O3S2. The Labute approximate surface area is 218 Å². The van der Waals surface area contributed by atoms with Crippen molar-refractivity contribution in [1.29, 1.82) is 0 Å². The molecule has 3 aromatic heterocycles. The molecule has 1 aliphatic carbocycles. The van der Waals surface area contributed by atoms with Gasteiger partial charge in [-0.05, 0) is 55.4 Å². The minimum absolute atomic E-state index is 0.209. The lowest BCUT2D eigenvalue weighted by molar-refractivity contribution is -0.116. The number of nitrogens with one attached hydrogen (secondary N) is 1. The summed E-state index contributed by atoms with van der Waals surface area (Å²) in [6.07, 6.45) is 5.91. The maximum atomic E-state index is 13.5. The second-order valence-electron chi connectivity index (χ2n) is 8.45. The molecule has 0 radical (unpaired) electrons. The van der Waals surface area contributed by atoms with Gasteiger partial charge in [-0.2, -0.15) is 0 Å². The third kappa shape index (κ3) is 4.46. The Bertz CT molecular complexity index is 1520. The van der Waals surface area contributed by atoms with Crippen LogP contribution in [0.1, 0.15) is 45.4 Å². The highest BCUT2D eigenvalue weighted by atomic mass is 79.9. The number of benzene rings is 1. The van der Waals surface area contributed by atoms with Crippen molar-refractivity contribution in [3.05, 3.63) is 66.3 Å². The van der Waals surface area contributed by atoms with Gasteiger partial charge in [0.1, 0.15) is 16.4 Å². The van der Waals surface area contributed by atoms with Crippen LogP contribution in [0.3, 0.4) is 0 Å². The number of primary amides is 1. The van der Waals surface area contributed by atoms with E-state index in [0.29, 0.717) is 20.8 Å². The maximum absolute atomic E-state index is 13.5. The average Bonchev–Trinajstić information content (AvgIpc) is 3.39. The van der Waals surface area contributed by atoms with Crippen molar-refractivity contribution in [2.45, 2.75) is 45.6 Å². The smallest absolute Gasteiger partial charge is 0.263 e. The lowest BCUT2D eigenvalue weighted by atomic mass is 9.95. The summed E-state index contributed by atoms with van der Waals surface area (Å²) in [5.74, 6) is -0.935. The number of aryl methyl sites for hydroxylation is 2. The summed E-state index contributed by atoms with van der Waals surface area (Å²) in [4.78, 5) is 45.9. The van der Waals surface area contributed by atoms with Crippen molar-refractivity contribution in [2.24, 2.45) is 5.73 Å². The number of rotatable bonds is 6. The Hall–Kier alpha value is -2.82. The molecule has 0 atom stereocenters. The molecule has 0 bridgehead atoms. The second-order valence-corrected chi connectivity index (χ2v) is 11.6. The van der Waals surface area contributed by atoms with E-state index in [0.717, 1.165) is 63.0 Å². The van der Waals surface area contributed by atoms with Gasteiger partial charge in [-0.1, -0.05) is 35.0 Å². The summed E-state index contributed by atoms with van der Waals surface area (Å²) in [7, 11) is 0. The summed E-state index contributed by atoms with van der Waals surface area (Å²) in [5.41, 5.74) is 8.54. The van der Waals surface area contributed by atoms with Crippen LogP contribution in [-0.4, -0.2) is 21.4 Å². The monoisotopic (exact) mass is 570 g/mol. The number of hydrogen-bond acceptors (Lipinski definition) is 6. The average molecular weight is 572 g/mol. The van der Waals surface area contributed by atoms with Crippen molar-refractivity contribution in [3.8, 4) is 11.1 Å². The lowest BCUT2D eigenvalue weighted by Gasteiger charge is -2.11. The van der Waals surface area contributed by atoms with Gasteiger partial charge in [0, 0.05) is 19.8 Å². The van der Waals surface area contributed by atoms with Gasteiger partial charge in [0.25, 0.3) is 11.5 Å². The molecule has 0 fully saturated rings. The molecule has 10 heteroatoms. The maximum Gasteiger partial charge on any atom is 0.263 e. The zero-order valence-electron chi connectivity index (χ0n) is 19.0.